The maximum Gasteiger partial charge on any atom is 0.244 e. The van der Waals surface area contributed by atoms with Gasteiger partial charge in [-0.3, -0.25) is 0 Å². The molecular formula is C6H10F2O. The smallest absolute Gasteiger partial charge is 0.244 e. The molecular weight excluding hydrogens is 126 g/mol. The monoisotopic (exact) mass is 136 g/mol. The zero-order valence-corrected chi connectivity index (χ0v) is 5.53. The van der Waals surface area contributed by atoms with Crippen LogP contribution in [0.4, 0.5) is 8.78 Å². The standard InChI is InChI=1S/C6H10F2O/c1-6(2,3-4-9)5(7)8/h4-5H,3H2,1-2H3. The molecule has 0 bridgehead atoms. The van der Waals surface area contributed by atoms with Crippen LogP contribution in [0.1, 0.15) is 20.3 Å². The molecule has 0 fully saturated rings. The van der Waals surface area contributed by atoms with Crippen LogP contribution < -0.4 is 0 Å². The highest BCUT2D eigenvalue weighted by Crippen LogP contribution is 2.27. The quantitative estimate of drug-likeness (QED) is 0.541. The topological polar surface area (TPSA) is 17.1 Å². The van der Waals surface area contributed by atoms with E-state index in [-0.39, 0.29) is 6.42 Å². The predicted octanol–water partition coefficient (Wildman–Crippen LogP) is 1.87. The minimum atomic E-state index is -2.41. The molecule has 0 aromatic carbocycles. The van der Waals surface area contributed by atoms with Gasteiger partial charge in [-0.1, -0.05) is 13.8 Å². The second kappa shape index (κ2) is 2.90. The fraction of sp³-hybridized carbons (Fsp3) is 0.833. The lowest BCUT2D eigenvalue weighted by molar-refractivity contribution is -0.112. The Bertz CT molecular complexity index is 99.2. The van der Waals surface area contributed by atoms with Gasteiger partial charge in [0.05, 0.1) is 0 Å². The molecule has 1 nitrogen and oxygen atoms in total. The molecule has 0 radical (unpaired) electrons. The molecule has 54 valence electrons. The van der Waals surface area contributed by atoms with Crippen molar-refractivity contribution in [3.8, 4) is 0 Å². The van der Waals surface area contributed by atoms with Crippen molar-refractivity contribution in [1.29, 1.82) is 0 Å². The second-order valence-corrected chi connectivity index (χ2v) is 2.66. The number of alkyl halides is 2. The van der Waals surface area contributed by atoms with Crippen LogP contribution in [0.3, 0.4) is 0 Å². The van der Waals surface area contributed by atoms with Crippen LogP contribution >= 0.6 is 0 Å². The fourth-order valence-corrected chi connectivity index (χ4v) is 0.304. The molecule has 3 heteroatoms. The molecule has 0 N–H and O–H groups in total. The summed E-state index contributed by atoms with van der Waals surface area (Å²) in [5.41, 5.74) is -1.15. The van der Waals surface area contributed by atoms with Crippen LogP contribution in [0, 0.1) is 5.41 Å². The summed E-state index contributed by atoms with van der Waals surface area (Å²) in [6.45, 7) is 2.73. The van der Waals surface area contributed by atoms with Crippen LogP contribution in [-0.4, -0.2) is 12.7 Å². The number of carbonyl (C=O) groups is 1. The summed E-state index contributed by atoms with van der Waals surface area (Å²) in [5, 5.41) is 0. The van der Waals surface area contributed by atoms with Gasteiger partial charge in [0.2, 0.25) is 6.43 Å². The molecule has 0 aromatic heterocycles. The van der Waals surface area contributed by atoms with Gasteiger partial charge >= 0.3 is 0 Å². The highest BCUT2D eigenvalue weighted by atomic mass is 19.3. The van der Waals surface area contributed by atoms with Gasteiger partial charge in [0.1, 0.15) is 6.29 Å². The maximum absolute atomic E-state index is 11.8. The summed E-state index contributed by atoms with van der Waals surface area (Å²) >= 11 is 0. The summed E-state index contributed by atoms with van der Waals surface area (Å²) in [5.74, 6) is 0. The van der Waals surface area contributed by atoms with Gasteiger partial charge in [-0.15, -0.1) is 0 Å². The molecule has 0 amide bonds. The van der Waals surface area contributed by atoms with E-state index in [2.05, 4.69) is 0 Å². The third kappa shape index (κ3) is 2.54. The zero-order valence-electron chi connectivity index (χ0n) is 5.53. The van der Waals surface area contributed by atoms with E-state index >= 15 is 0 Å². The van der Waals surface area contributed by atoms with Crippen molar-refractivity contribution in [2.75, 3.05) is 0 Å². The van der Waals surface area contributed by atoms with Crippen LogP contribution in [-0.2, 0) is 4.79 Å². The molecule has 0 saturated heterocycles. The maximum atomic E-state index is 11.8. The lowest BCUT2D eigenvalue weighted by Crippen LogP contribution is -2.21. The number of hydrogen-bond donors (Lipinski definition) is 0. The number of carbonyl (C=O) groups excluding carboxylic acids is 1. The van der Waals surface area contributed by atoms with Gasteiger partial charge in [-0.2, -0.15) is 0 Å². The second-order valence-electron chi connectivity index (χ2n) is 2.66. The molecule has 9 heavy (non-hydrogen) atoms. The summed E-state index contributed by atoms with van der Waals surface area (Å²) in [4.78, 5) is 9.79. The average molecular weight is 136 g/mol. The molecule has 0 aliphatic rings. The molecule has 0 aromatic rings. The Balaban J connectivity index is 3.84. The first-order valence-electron chi connectivity index (χ1n) is 2.72. The Labute approximate surface area is 53.1 Å². The molecule has 0 spiro atoms. The highest BCUT2D eigenvalue weighted by Gasteiger charge is 2.28. The molecule has 0 rings (SSSR count). The lowest BCUT2D eigenvalue weighted by atomic mass is 9.91. The Morgan fingerprint density at radius 3 is 2.11 bits per heavy atom. The van der Waals surface area contributed by atoms with Crippen LogP contribution in [0.15, 0.2) is 0 Å². The first-order chi connectivity index (χ1) is 4.00. The van der Waals surface area contributed by atoms with Crippen molar-refractivity contribution in [2.45, 2.75) is 26.7 Å². The Hall–Kier alpha value is -0.470. The fourth-order valence-electron chi connectivity index (χ4n) is 0.304. The third-order valence-electron chi connectivity index (χ3n) is 1.20. The van der Waals surface area contributed by atoms with E-state index in [0.29, 0.717) is 6.29 Å². The number of hydrogen-bond acceptors (Lipinski definition) is 1. The van der Waals surface area contributed by atoms with Gasteiger partial charge in [0.15, 0.2) is 0 Å². The Kier molecular flexibility index (Phi) is 2.74. The first kappa shape index (κ1) is 8.53. The van der Waals surface area contributed by atoms with Crippen LogP contribution in [0.5, 0.6) is 0 Å². The van der Waals surface area contributed by atoms with E-state index in [0.717, 1.165) is 0 Å². The Morgan fingerprint density at radius 2 is 2.00 bits per heavy atom. The summed E-state index contributed by atoms with van der Waals surface area (Å²) in [6, 6.07) is 0. The highest BCUT2D eigenvalue weighted by molar-refractivity contribution is 5.50. The minimum absolute atomic E-state index is 0.0787. The minimum Gasteiger partial charge on any atom is -0.303 e. The van der Waals surface area contributed by atoms with Gasteiger partial charge in [-0.05, 0) is 0 Å². The van der Waals surface area contributed by atoms with Gasteiger partial charge in [-0.25, -0.2) is 8.78 Å². The molecule has 0 heterocycles. The van der Waals surface area contributed by atoms with Crippen LogP contribution in [0.25, 0.3) is 0 Å². The largest absolute Gasteiger partial charge is 0.303 e. The summed E-state index contributed by atoms with van der Waals surface area (Å²) in [7, 11) is 0. The van der Waals surface area contributed by atoms with Gasteiger partial charge in [0, 0.05) is 11.8 Å². The van der Waals surface area contributed by atoms with E-state index in [1.807, 2.05) is 0 Å². The summed E-state index contributed by atoms with van der Waals surface area (Å²) < 4.78 is 23.7. The van der Waals surface area contributed by atoms with Crippen LogP contribution in [0.2, 0.25) is 0 Å². The molecule has 0 aliphatic heterocycles. The van der Waals surface area contributed by atoms with E-state index in [4.69, 9.17) is 0 Å². The first-order valence-corrected chi connectivity index (χ1v) is 2.72. The molecule has 0 saturated carbocycles. The number of aldehydes is 1. The van der Waals surface area contributed by atoms with Crippen molar-refractivity contribution in [3.05, 3.63) is 0 Å². The van der Waals surface area contributed by atoms with E-state index in [9.17, 15) is 13.6 Å². The van der Waals surface area contributed by atoms with Crippen molar-refractivity contribution < 1.29 is 13.6 Å². The summed E-state index contributed by atoms with van der Waals surface area (Å²) in [6.07, 6.45) is -1.97. The molecule has 0 aliphatic carbocycles. The lowest BCUT2D eigenvalue weighted by Gasteiger charge is -2.19. The van der Waals surface area contributed by atoms with Crippen molar-refractivity contribution >= 4 is 6.29 Å². The van der Waals surface area contributed by atoms with Gasteiger partial charge in [0.25, 0.3) is 0 Å². The van der Waals surface area contributed by atoms with Gasteiger partial charge < -0.3 is 4.79 Å². The van der Waals surface area contributed by atoms with E-state index < -0.39 is 11.8 Å². The molecule has 0 unspecified atom stereocenters. The zero-order chi connectivity index (χ0) is 7.49. The van der Waals surface area contributed by atoms with Crippen molar-refractivity contribution in [1.82, 2.24) is 0 Å². The average Bonchev–Trinajstić information content (AvgIpc) is 1.65. The van der Waals surface area contributed by atoms with E-state index in [1.54, 1.807) is 0 Å². The molecule has 0 atom stereocenters. The van der Waals surface area contributed by atoms with Crippen molar-refractivity contribution in [2.24, 2.45) is 5.41 Å². The SMILES string of the molecule is CC(C)(CC=O)C(F)F. The van der Waals surface area contributed by atoms with E-state index in [1.165, 1.54) is 13.8 Å². The number of halogens is 2. The Morgan fingerprint density at radius 1 is 1.56 bits per heavy atom. The van der Waals surface area contributed by atoms with Crippen molar-refractivity contribution in [3.63, 3.8) is 0 Å². The third-order valence-corrected chi connectivity index (χ3v) is 1.20. The number of rotatable bonds is 3. The normalized spacial score (nSPS) is 12.1. The predicted molar refractivity (Wildman–Crippen MR) is 30.5 cm³/mol.